The number of aliphatic hydroxyl groups is 1. The molecule has 126 valence electrons. The Labute approximate surface area is 136 Å². The molecule has 1 heterocycles. The summed E-state index contributed by atoms with van der Waals surface area (Å²) in [7, 11) is 1.64. The Morgan fingerprint density at radius 2 is 2.13 bits per heavy atom. The molecule has 2 aromatic rings. The molecule has 1 aromatic heterocycles. The lowest BCUT2D eigenvalue weighted by Gasteiger charge is -2.29. The van der Waals surface area contributed by atoms with Crippen LogP contribution in [0.15, 0.2) is 33.5 Å². The van der Waals surface area contributed by atoms with Crippen molar-refractivity contribution < 1.29 is 14.3 Å². The molecule has 5 nitrogen and oxygen atoms in total. The molecule has 23 heavy (non-hydrogen) atoms. The van der Waals surface area contributed by atoms with E-state index in [1.165, 1.54) is 6.07 Å². The fourth-order valence-corrected chi connectivity index (χ4v) is 2.73. The molecule has 1 unspecified atom stereocenters. The standard InChI is InChI=1S/C18H25NO4/c1-4-13-5-6-15-14(10-17(21)23-16(15)9-13)11-19-18(2,7-8-20)12-22-3/h5-6,9-10,19-20H,4,7-8,11-12H2,1-3H3. The minimum atomic E-state index is -0.352. The second kappa shape index (κ2) is 7.73. The summed E-state index contributed by atoms with van der Waals surface area (Å²) in [6, 6.07) is 7.48. The molecule has 0 aliphatic heterocycles. The average Bonchev–Trinajstić information content (AvgIpc) is 2.52. The molecule has 0 radical (unpaired) electrons. The Morgan fingerprint density at radius 3 is 2.78 bits per heavy atom. The van der Waals surface area contributed by atoms with Gasteiger partial charge in [0.25, 0.3) is 0 Å². The molecule has 1 atom stereocenters. The second-order valence-corrected chi connectivity index (χ2v) is 6.10. The summed E-state index contributed by atoms with van der Waals surface area (Å²) < 4.78 is 10.6. The Hall–Kier alpha value is -1.69. The van der Waals surface area contributed by atoms with E-state index in [1.807, 2.05) is 25.1 Å². The van der Waals surface area contributed by atoms with Gasteiger partial charge in [-0.25, -0.2) is 4.79 Å². The summed E-state index contributed by atoms with van der Waals surface area (Å²) in [5.74, 6) is 0. The van der Waals surface area contributed by atoms with Crippen LogP contribution in [0.4, 0.5) is 0 Å². The molecule has 5 heteroatoms. The highest BCUT2D eigenvalue weighted by Gasteiger charge is 2.23. The van der Waals surface area contributed by atoms with Crippen LogP contribution in [-0.2, 0) is 17.7 Å². The molecule has 0 spiro atoms. The summed E-state index contributed by atoms with van der Waals surface area (Å²) in [5.41, 5.74) is 1.94. The Morgan fingerprint density at radius 1 is 1.35 bits per heavy atom. The fourth-order valence-electron chi connectivity index (χ4n) is 2.73. The lowest BCUT2D eigenvalue weighted by atomic mass is 9.98. The minimum Gasteiger partial charge on any atom is -0.423 e. The zero-order valence-corrected chi connectivity index (χ0v) is 14.0. The highest BCUT2D eigenvalue weighted by Crippen LogP contribution is 2.20. The maximum absolute atomic E-state index is 11.8. The zero-order chi connectivity index (χ0) is 16.9. The molecule has 1 aromatic carbocycles. The van der Waals surface area contributed by atoms with Crippen LogP contribution in [0.25, 0.3) is 11.0 Å². The van der Waals surface area contributed by atoms with Gasteiger partial charge in [0, 0.05) is 37.3 Å². The van der Waals surface area contributed by atoms with Crippen molar-refractivity contribution in [2.75, 3.05) is 20.3 Å². The van der Waals surface area contributed by atoms with Gasteiger partial charge in [-0.15, -0.1) is 0 Å². The zero-order valence-electron chi connectivity index (χ0n) is 14.0. The number of ether oxygens (including phenoxy) is 1. The Bertz CT molecular complexity index is 702. The molecule has 2 N–H and O–H groups in total. The summed E-state index contributed by atoms with van der Waals surface area (Å²) in [6.45, 7) is 5.12. The third-order valence-corrected chi connectivity index (χ3v) is 4.13. The molecule has 0 bridgehead atoms. The van der Waals surface area contributed by atoms with Crippen molar-refractivity contribution in [1.29, 1.82) is 0 Å². The highest BCUT2D eigenvalue weighted by atomic mass is 16.5. The molecule has 0 aliphatic rings. The molecule has 2 rings (SSSR count). The quantitative estimate of drug-likeness (QED) is 0.730. The van der Waals surface area contributed by atoms with Crippen molar-refractivity contribution >= 4 is 11.0 Å². The van der Waals surface area contributed by atoms with Crippen LogP contribution >= 0.6 is 0 Å². The molecule has 0 saturated heterocycles. The van der Waals surface area contributed by atoms with Gasteiger partial charge < -0.3 is 19.6 Å². The second-order valence-electron chi connectivity index (χ2n) is 6.10. The number of benzene rings is 1. The van der Waals surface area contributed by atoms with E-state index >= 15 is 0 Å². The molecule has 0 aliphatic carbocycles. The molecule has 0 amide bonds. The third-order valence-electron chi connectivity index (χ3n) is 4.13. The van der Waals surface area contributed by atoms with Gasteiger partial charge in [0.15, 0.2) is 0 Å². The number of rotatable bonds is 8. The van der Waals surface area contributed by atoms with Gasteiger partial charge in [-0.1, -0.05) is 19.1 Å². The van der Waals surface area contributed by atoms with Crippen molar-refractivity contribution in [2.45, 2.75) is 38.8 Å². The van der Waals surface area contributed by atoms with E-state index in [9.17, 15) is 9.90 Å². The van der Waals surface area contributed by atoms with Gasteiger partial charge in [-0.2, -0.15) is 0 Å². The number of nitrogens with one attached hydrogen (secondary N) is 1. The van der Waals surface area contributed by atoms with E-state index < -0.39 is 0 Å². The highest BCUT2D eigenvalue weighted by molar-refractivity contribution is 5.80. The predicted octanol–water partition coefficient (Wildman–Crippen LogP) is 2.23. The third kappa shape index (κ3) is 4.41. The number of methoxy groups -OCH3 is 1. The number of hydrogen-bond acceptors (Lipinski definition) is 5. The van der Waals surface area contributed by atoms with Gasteiger partial charge in [0.1, 0.15) is 5.58 Å². The lowest BCUT2D eigenvalue weighted by molar-refractivity contribution is 0.0970. The van der Waals surface area contributed by atoms with Crippen LogP contribution in [0.3, 0.4) is 0 Å². The number of aliphatic hydroxyl groups excluding tert-OH is 1. The molecule has 0 saturated carbocycles. The van der Waals surface area contributed by atoms with E-state index in [0.29, 0.717) is 25.2 Å². The fraction of sp³-hybridized carbons (Fsp3) is 0.500. The van der Waals surface area contributed by atoms with Crippen LogP contribution in [0, 0.1) is 0 Å². The van der Waals surface area contributed by atoms with Crippen molar-refractivity contribution in [3.05, 3.63) is 45.8 Å². The van der Waals surface area contributed by atoms with Crippen molar-refractivity contribution in [3.63, 3.8) is 0 Å². The van der Waals surface area contributed by atoms with Crippen molar-refractivity contribution in [3.8, 4) is 0 Å². The van der Waals surface area contributed by atoms with Crippen LogP contribution in [0.2, 0.25) is 0 Å². The van der Waals surface area contributed by atoms with Crippen LogP contribution < -0.4 is 10.9 Å². The molecular weight excluding hydrogens is 294 g/mol. The molecule has 0 fully saturated rings. The number of aryl methyl sites for hydroxylation is 1. The summed E-state index contributed by atoms with van der Waals surface area (Å²) >= 11 is 0. The van der Waals surface area contributed by atoms with Gasteiger partial charge in [-0.05, 0) is 37.0 Å². The van der Waals surface area contributed by atoms with E-state index in [2.05, 4.69) is 12.2 Å². The largest absolute Gasteiger partial charge is 0.423 e. The van der Waals surface area contributed by atoms with Gasteiger partial charge in [-0.3, -0.25) is 0 Å². The number of hydrogen-bond donors (Lipinski definition) is 2. The monoisotopic (exact) mass is 319 g/mol. The first-order valence-corrected chi connectivity index (χ1v) is 7.92. The topological polar surface area (TPSA) is 71.7 Å². The van der Waals surface area contributed by atoms with E-state index in [0.717, 1.165) is 22.9 Å². The normalized spacial score (nSPS) is 14.1. The smallest absolute Gasteiger partial charge is 0.336 e. The van der Waals surface area contributed by atoms with Crippen LogP contribution in [0.1, 0.15) is 31.4 Å². The SMILES string of the molecule is CCc1ccc2c(CNC(C)(CCO)COC)cc(=O)oc2c1. The summed E-state index contributed by atoms with van der Waals surface area (Å²) in [6.07, 6.45) is 1.46. The van der Waals surface area contributed by atoms with Gasteiger partial charge in [0.05, 0.1) is 6.61 Å². The molecular formula is C18H25NO4. The van der Waals surface area contributed by atoms with Crippen molar-refractivity contribution in [2.24, 2.45) is 0 Å². The predicted molar refractivity (Wildman–Crippen MR) is 90.7 cm³/mol. The first-order chi connectivity index (χ1) is 11.0. The van der Waals surface area contributed by atoms with Gasteiger partial charge >= 0.3 is 5.63 Å². The van der Waals surface area contributed by atoms with E-state index in [1.54, 1.807) is 7.11 Å². The summed E-state index contributed by atoms with van der Waals surface area (Å²) in [4.78, 5) is 11.8. The Kier molecular flexibility index (Phi) is 5.93. The maximum Gasteiger partial charge on any atom is 0.336 e. The Balaban J connectivity index is 2.30. The first-order valence-electron chi connectivity index (χ1n) is 7.92. The van der Waals surface area contributed by atoms with Crippen LogP contribution in [-0.4, -0.2) is 31.0 Å². The number of fused-ring (bicyclic) bond motifs is 1. The maximum atomic E-state index is 11.8. The van der Waals surface area contributed by atoms with E-state index in [4.69, 9.17) is 9.15 Å². The van der Waals surface area contributed by atoms with Crippen molar-refractivity contribution in [1.82, 2.24) is 5.32 Å². The minimum absolute atomic E-state index is 0.0738. The van der Waals surface area contributed by atoms with Crippen LogP contribution in [0.5, 0.6) is 0 Å². The summed E-state index contributed by atoms with van der Waals surface area (Å²) in [5, 5.41) is 13.6. The first kappa shape index (κ1) is 17.7. The van der Waals surface area contributed by atoms with Gasteiger partial charge in [0.2, 0.25) is 0 Å². The average molecular weight is 319 g/mol. The van der Waals surface area contributed by atoms with E-state index in [-0.39, 0.29) is 17.8 Å². The lowest BCUT2D eigenvalue weighted by Crippen LogP contribution is -2.46.